The molecular formula is C25H28ClN5O5. The van der Waals surface area contributed by atoms with Crippen LogP contribution in [0.5, 0.6) is 23.1 Å². The van der Waals surface area contributed by atoms with Crippen LogP contribution in [0.4, 0.5) is 16.3 Å². The van der Waals surface area contributed by atoms with E-state index < -0.39 is 6.03 Å². The molecule has 0 fully saturated rings. The number of hydrogen-bond donors (Lipinski definition) is 2. The van der Waals surface area contributed by atoms with E-state index in [-0.39, 0.29) is 17.8 Å². The van der Waals surface area contributed by atoms with Crippen molar-refractivity contribution in [3.8, 4) is 23.1 Å². The molecular weight excluding hydrogens is 486 g/mol. The summed E-state index contributed by atoms with van der Waals surface area (Å²) in [6.07, 6.45) is 1.42. The number of rotatable bonds is 7. The minimum absolute atomic E-state index is 0. The number of methoxy groups -OCH3 is 1. The van der Waals surface area contributed by atoms with Crippen molar-refractivity contribution in [3.05, 3.63) is 54.6 Å². The van der Waals surface area contributed by atoms with Gasteiger partial charge in [0.25, 0.3) is 0 Å². The van der Waals surface area contributed by atoms with Gasteiger partial charge in [-0.1, -0.05) is 32.0 Å². The van der Waals surface area contributed by atoms with Crippen LogP contribution in [0.1, 0.15) is 33.5 Å². The van der Waals surface area contributed by atoms with Crippen molar-refractivity contribution in [2.75, 3.05) is 24.4 Å². The van der Waals surface area contributed by atoms with Crippen LogP contribution in [0.3, 0.4) is 0 Å². The molecule has 11 heteroatoms. The predicted molar refractivity (Wildman–Crippen MR) is 139 cm³/mol. The van der Waals surface area contributed by atoms with Crippen LogP contribution >= 0.6 is 12.4 Å². The van der Waals surface area contributed by atoms with Gasteiger partial charge >= 0.3 is 6.03 Å². The molecule has 4 aromatic rings. The second-order valence-electron chi connectivity index (χ2n) is 8.67. The molecule has 0 saturated heterocycles. The highest BCUT2D eigenvalue weighted by atomic mass is 35.5. The van der Waals surface area contributed by atoms with Gasteiger partial charge < -0.3 is 24.1 Å². The number of benzene rings is 2. The van der Waals surface area contributed by atoms with Crippen LogP contribution in [0, 0.1) is 0 Å². The maximum Gasteiger partial charge on any atom is 0.324 e. The molecule has 0 radical (unpaired) electrons. The first-order chi connectivity index (χ1) is 16.8. The number of hydrogen-bond acceptors (Lipinski definition) is 8. The molecule has 36 heavy (non-hydrogen) atoms. The van der Waals surface area contributed by atoms with E-state index in [9.17, 15) is 4.79 Å². The van der Waals surface area contributed by atoms with Crippen molar-refractivity contribution in [1.82, 2.24) is 15.1 Å². The lowest BCUT2D eigenvalue weighted by Crippen LogP contribution is -2.19. The van der Waals surface area contributed by atoms with Gasteiger partial charge in [0.15, 0.2) is 17.3 Å². The zero-order chi connectivity index (χ0) is 25.0. The molecule has 0 aliphatic heterocycles. The second kappa shape index (κ2) is 11.1. The number of aromatic nitrogens is 3. The van der Waals surface area contributed by atoms with Gasteiger partial charge in [0.05, 0.1) is 24.6 Å². The Morgan fingerprint density at radius 1 is 1.06 bits per heavy atom. The fourth-order valence-corrected chi connectivity index (χ4v) is 3.26. The summed E-state index contributed by atoms with van der Waals surface area (Å²) in [5, 5.41) is 9.97. The van der Waals surface area contributed by atoms with Crippen LogP contribution in [-0.2, 0) is 5.41 Å². The molecule has 2 aromatic carbocycles. The summed E-state index contributed by atoms with van der Waals surface area (Å²) in [7, 11) is 1.57. The second-order valence-corrected chi connectivity index (χ2v) is 8.67. The Hall–Kier alpha value is -4.05. The Bertz CT molecular complexity index is 1350. The summed E-state index contributed by atoms with van der Waals surface area (Å²) in [6.45, 7) is 8.39. The lowest BCUT2D eigenvalue weighted by atomic mass is 9.93. The number of amides is 2. The van der Waals surface area contributed by atoms with E-state index in [1.54, 1.807) is 49.6 Å². The predicted octanol–water partition coefficient (Wildman–Crippen LogP) is 6.18. The molecule has 4 rings (SSSR count). The standard InChI is InChI=1S/C25H27N5O5.ClH/c1-6-33-20-12-18-17(11-19(20)32-5)23(27-14-26-18)34-16-9-7-8-15(10-16)28-24(31)29-22-13-21(35-30-22)25(2,3)4;/h7-14H,6H2,1-5H3,(H2,28,29,30,31);1H. The molecule has 0 atom stereocenters. The maximum absolute atomic E-state index is 12.4. The van der Waals surface area contributed by atoms with Gasteiger partial charge in [-0.15, -0.1) is 12.4 Å². The number of fused-ring (bicyclic) bond motifs is 1. The normalized spacial score (nSPS) is 10.9. The average molecular weight is 514 g/mol. The molecule has 2 N–H and O–H groups in total. The number of urea groups is 1. The minimum Gasteiger partial charge on any atom is -0.493 e. The van der Waals surface area contributed by atoms with E-state index >= 15 is 0 Å². The fourth-order valence-electron chi connectivity index (χ4n) is 3.26. The molecule has 0 unspecified atom stereocenters. The third-order valence-electron chi connectivity index (χ3n) is 4.98. The Morgan fingerprint density at radius 3 is 2.56 bits per heavy atom. The maximum atomic E-state index is 12.4. The zero-order valence-electron chi connectivity index (χ0n) is 20.6. The third kappa shape index (κ3) is 6.14. The lowest BCUT2D eigenvalue weighted by molar-refractivity contribution is 0.262. The Balaban J connectivity index is 0.00000361. The smallest absolute Gasteiger partial charge is 0.324 e. The van der Waals surface area contributed by atoms with Crippen molar-refractivity contribution < 1.29 is 23.5 Å². The van der Waals surface area contributed by atoms with Gasteiger partial charge in [0.2, 0.25) is 5.88 Å². The van der Waals surface area contributed by atoms with Crippen molar-refractivity contribution in [1.29, 1.82) is 0 Å². The van der Waals surface area contributed by atoms with Gasteiger partial charge in [-0.3, -0.25) is 5.32 Å². The summed E-state index contributed by atoms with van der Waals surface area (Å²) in [6, 6.07) is 11.7. The number of nitrogens with one attached hydrogen (secondary N) is 2. The Morgan fingerprint density at radius 2 is 1.86 bits per heavy atom. The summed E-state index contributed by atoms with van der Waals surface area (Å²) in [4.78, 5) is 21.0. The number of carbonyl (C=O) groups excluding carboxylic acids is 1. The van der Waals surface area contributed by atoms with E-state index in [0.717, 1.165) is 0 Å². The van der Waals surface area contributed by atoms with Crippen LogP contribution in [-0.4, -0.2) is 34.9 Å². The largest absolute Gasteiger partial charge is 0.493 e. The van der Waals surface area contributed by atoms with Crippen molar-refractivity contribution in [2.24, 2.45) is 0 Å². The minimum atomic E-state index is -0.461. The lowest BCUT2D eigenvalue weighted by Gasteiger charge is -2.13. The van der Waals surface area contributed by atoms with E-state index in [2.05, 4.69) is 25.8 Å². The van der Waals surface area contributed by atoms with Crippen LogP contribution in [0.25, 0.3) is 10.9 Å². The highest BCUT2D eigenvalue weighted by molar-refractivity contribution is 5.99. The molecule has 2 heterocycles. The number of ether oxygens (including phenoxy) is 3. The fraction of sp³-hybridized carbons (Fsp3) is 0.280. The number of halogens is 1. The van der Waals surface area contributed by atoms with Crippen molar-refractivity contribution in [2.45, 2.75) is 33.1 Å². The first kappa shape index (κ1) is 26.6. The van der Waals surface area contributed by atoms with Gasteiger partial charge in [-0.25, -0.2) is 14.8 Å². The van der Waals surface area contributed by atoms with Crippen molar-refractivity contribution >= 4 is 40.8 Å². The van der Waals surface area contributed by atoms with Crippen LogP contribution < -0.4 is 24.8 Å². The Kier molecular flexibility index (Phi) is 8.21. The summed E-state index contributed by atoms with van der Waals surface area (Å²) < 4.78 is 22.4. The van der Waals surface area contributed by atoms with Crippen LogP contribution in [0.2, 0.25) is 0 Å². The topological polar surface area (TPSA) is 121 Å². The van der Waals surface area contributed by atoms with E-state index in [0.29, 0.717) is 57.9 Å². The van der Waals surface area contributed by atoms with Crippen LogP contribution in [0.15, 0.2) is 53.3 Å². The van der Waals surface area contributed by atoms with Gasteiger partial charge in [-0.05, 0) is 25.1 Å². The SMILES string of the molecule is CCOc1cc2ncnc(Oc3cccc(NC(=O)Nc4cc(C(C)(C)C)on4)c3)c2cc1OC.Cl. The highest BCUT2D eigenvalue weighted by Crippen LogP contribution is 2.36. The van der Waals surface area contributed by atoms with E-state index in [1.165, 1.54) is 6.33 Å². The molecule has 10 nitrogen and oxygen atoms in total. The molecule has 190 valence electrons. The molecule has 2 aromatic heterocycles. The first-order valence-corrected chi connectivity index (χ1v) is 11.1. The Labute approximate surface area is 214 Å². The highest BCUT2D eigenvalue weighted by Gasteiger charge is 2.20. The number of nitrogens with zero attached hydrogens (tertiary/aromatic N) is 3. The molecule has 0 aliphatic rings. The summed E-state index contributed by atoms with van der Waals surface area (Å²) in [5.41, 5.74) is 0.957. The van der Waals surface area contributed by atoms with Gasteiger partial charge in [-0.2, -0.15) is 0 Å². The molecule has 0 aliphatic carbocycles. The molecule has 0 spiro atoms. The quantitative estimate of drug-likeness (QED) is 0.300. The summed E-state index contributed by atoms with van der Waals surface area (Å²) in [5.74, 6) is 2.96. The number of carbonyl (C=O) groups is 1. The van der Waals surface area contributed by atoms with E-state index in [4.69, 9.17) is 18.7 Å². The average Bonchev–Trinajstić information content (AvgIpc) is 3.28. The molecule has 2 amide bonds. The van der Waals surface area contributed by atoms with Crippen molar-refractivity contribution in [3.63, 3.8) is 0 Å². The number of anilines is 2. The van der Waals surface area contributed by atoms with Gasteiger partial charge in [0, 0.05) is 29.3 Å². The van der Waals surface area contributed by atoms with Gasteiger partial charge in [0.1, 0.15) is 17.8 Å². The summed E-state index contributed by atoms with van der Waals surface area (Å²) >= 11 is 0. The van der Waals surface area contributed by atoms with E-state index in [1.807, 2.05) is 27.7 Å². The zero-order valence-corrected chi connectivity index (χ0v) is 21.4. The monoisotopic (exact) mass is 513 g/mol. The first-order valence-electron chi connectivity index (χ1n) is 11.1. The molecule has 0 bridgehead atoms. The third-order valence-corrected chi connectivity index (χ3v) is 4.98. The molecule has 0 saturated carbocycles.